The Kier molecular flexibility index (Phi) is 4.88. The molecule has 3 rings (SSSR count). The minimum atomic E-state index is -0.266. The molecule has 1 aliphatic rings. The lowest BCUT2D eigenvalue weighted by Gasteiger charge is -2.24. The average molecular weight is 438 g/mol. The van der Waals surface area contributed by atoms with Gasteiger partial charge in [0.2, 0.25) is 5.91 Å². The third kappa shape index (κ3) is 3.31. The normalized spacial score (nSPS) is 17.2. The molecule has 0 aliphatic carbocycles. The Balaban J connectivity index is 1.66. The van der Waals surface area contributed by atoms with Crippen molar-refractivity contribution in [3.05, 3.63) is 33.5 Å². The molecular weight excluding hydrogens is 419 g/mol. The van der Waals surface area contributed by atoms with Crippen molar-refractivity contribution >= 4 is 51.0 Å². The van der Waals surface area contributed by atoms with E-state index < -0.39 is 0 Å². The van der Waals surface area contributed by atoms with Crippen LogP contribution < -0.4 is 5.32 Å². The molecule has 0 radical (unpaired) electrons. The van der Waals surface area contributed by atoms with Crippen molar-refractivity contribution < 1.29 is 9.59 Å². The van der Waals surface area contributed by atoms with Crippen molar-refractivity contribution in [2.75, 3.05) is 13.1 Å². The summed E-state index contributed by atoms with van der Waals surface area (Å²) >= 11 is 2.22. The van der Waals surface area contributed by atoms with E-state index in [2.05, 4.69) is 32.9 Å². The number of rotatable bonds is 4. The van der Waals surface area contributed by atoms with Crippen LogP contribution in [0.3, 0.4) is 0 Å². The highest BCUT2D eigenvalue weighted by atomic mass is 127. The van der Waals surface area contributed by atoms with Crippen LogP contribution in [-0.4, -0.2) is 46.5 Å². The van der Waals surface area contributed by atoms with E-state index in [9.17, 15) is 9.59 Å². The Hall–Kier alpha value is -1.90. The average Bonchev–Trinajstić information content (AvgIpc) is 3.18. The monoisotopic (exact) mass is 438 g/mol. The molecule has 0 unspecified atom stereocenters. The highest BCUT2D eigenvalue weighted by molar-refractivity contribution is 14.1. The van der Waals surface area contributed by atoms with Crippen LogP contribution >= 0.6 is 22.6 Å². The van der Waals surface area contributed by atoms with Gasteiger partial charge in [0.25, 0.3) is 5.91 Å². The maximum Gasteiger partial charge on any atom is 0.253 e. The quantitative estimate of drug-likeness (QED) is 0.506. The van der Waals surface area contributed by atoms with Crippen LogP contribution in [0.5, 0.6) is 0 Å². The summed E-state index contributed by atoms with van der Waals surface area (Å²) in [5.41, 5.74) is 1.94. The lowest BCUT2D eigenvalue weighted by atomic mass is 10.1. The van der Waals surface area contributed by atoms with Crippen LogP contribution in [0.15, 0.2) is 24.4 Å². The highest BCUT2D eigenvalue weighted by Gasteiger charge is 2.30. The second kappa shape index (κ2) is 6.92. The molecule has 1 atom stereocenters. The number of H-pyrrole nitrogens is 1. The van der Waals surface area contributed by atoms with Gasteiger partial charge in [0, 0.05) is 32.9 Å². The van der Waals surface area contributed by atoms with Crippen molar-refractivity contribution in [2.45, 2.75) is 25.8 Å². The predicted octanol–water partition coefficient (Wildman–Crippen LogP) is 2.53. The third-order valence-corrected chi connectivity index (χ3v) is 5.03. The van der Waals surface area contributed by atoms with Gasteiger partial charge < -0.3 is 20.6 Å². The standard InChI is InChI=1S/C17H19IN4O2/c1-10(19)15-3-2-6-22(15)16(23)9-21-17(24)13-8-20-14-7-11(18)4-5-12(13)14/h4-5,7-8,15,19-20H,2-3,6,9H2,1H3,(H,21,24)/t15-/m0/s1. The Labute approximate surface area is 153 Å². The predicted molar refractivity (Wildman–Crippen MR) is 101 cm³/mol. The van der Waals surface area contributed by atoms with Crippen LogP contribution in [0.1, 0.15) is 30.1 Å². The molecule has 7 heteroatoms. The molecule has 2 aromatic rings. The highest BCUT2D eigenvalue weighted by Crippen LogP contribution is 2.21. The van der Waals surface area contributed by atoms with E-state index in [1.165, 1.54) is 0 Å². The minimum absolute atomic E-state index is 0.0420. The summed E-state index contributed by atoms with van der Waals surface area (Å²) < 4.78 is 1.09. The fourth-order valence-corrected chi connectivity index (χ4v) is 3.65. The van der Waals surface area contributed by atoms with Gasteiger partial charge in [0.15, 0.2) is 0 Å². The van der Waals surface area contributed by atoms with Gasteiger partial charge >= 0.3 is 0 Å². The van der Waals surface area contributed by atoms with Crippen LogP contribution in [0, 0.1) is 8.98 Å². The van der Waals surface area contributed by atoms with Crippen LogP contribution in [0.2, 0.25) is 0 Å². The van der Waals surface area contributed by atoms with E-state index in [0.29, 0.717) is 17.8 Å². The number of benzene rings is 1. The first kappa shape index (κ1) is 16.9. The molecule has 1 saturated heterocycles. The van der Waals surface area contributed by atoms with E-state index in [-0.39, 0.29) is 24.4 Å². The van der Waals surface area contributed by atoms with Gasteiger partial charge in [-0.2, -0.15) is 0 Å². The molecule has 6 nitrogen and oxygen atoms in total. The van der Waals surface area contributed by atoms with Crippen LogP contribution in [0.25, 0.3) is 10.9 Å². The van der Waals surface area contributed by atoms with E-state index in [1.807, 2.05) is 18.2 Å². The number of aromatic nitrogens is 1. The maximum atomic E-state index is 12.4. The zero-order valence-corrected chi connectivity index (χ0v) is 15.5. The largest absolute Gasteiger partial charge is 0.360 e. The Morgan fingerprint density at radius 1 is 1.46 bits per heavy atom. The Morgan fingerprint density at radius 2 is 2.25 bits per heavy atom. The lowest BCUT2D eigenvalue weighted by molar-refractivity contribution is -0.129. The molecule has 2 amide bonds. The molecule has 24 heavy (non-hydrogen) atoms. The fraction of sp³-hybridized carbons (Fsp3) is 0.353. The fourth-order valence-electron chi connectivity index (χ4n) is 3.15. The molecule has 3 N–H and O–H groups in total. The second-order valence-electron chi connectivity index (χ2n) is 6.00. The number of hydrogen-bond acceptors (Lipinski definition) is 3. The first-order chi connectivity index (χ1) is 11.5. The van der Waals surface area contributed by atoms with Crippen molar-refractivity contribution in [2.24, 2.45) is 0 Å². The molecule has 1 fully saturated rings. The van der Waals surface area contributed by atoms with Gasteiger partial charge in [-0.25, -0.2) is 0 Å². The van der Waals surface area contributed by atoms with Gasteiger partial charge in [-0.3, -0.25) is 9.59 Å². The smallest absolute Gasteiger partial charge is 0.253 e. The number of nitrogens with zero attached hydrogens (tertiary/aromatic N) is 1. The summed E-state index contributed by atoms with van der Waals surface area (Å²) in [5.74, 6) is -0.398. The summed E-state index contributed by atoms with van der Waals surface area (Å²) in [5, 5.41) is 11.3. The van der Waals surface area contributed by atoms with Gasteiger partial charge in [-0.05, 0) is 54.5 Å². The van der Waals surface area contributed by atoms with Crippen molar-refractivity contribution in [3.63, 3.8) is 0 Å². The Morgan fingerprint density at radius 3 is 3.00 bits per heavy atom. The molecule has 0 spiro atoms. The molecule has 2 heterocycles. The number of nitrogens with one attached hydrogen (secondary N) is 3. The number of fused-ring (bicyclic) bond motifs is 1. The van der Waals surface area contributed by atoms with E-state index in [1.54, 1.807) is 18.0 Å². The van der Waals surface area contributed by atoms with Crippen LogP contribution in [-0.2, 0) is 4.79 Å². The van der Waals surface area contributed by atoms with E-state index in [4.69, 9.17) is 5.41 Å². The number of hydrogen-bond donors (Lipinski definition) is 3. The number of likely N-dealkylation sites (tertiary alicyclic amines) is 1. The lowest BCUT2D eigenvalue weighted by Crippen LogP contribution is -2.44. The molecule has 1 aromatic carbocycles. The van der Waals surface area contributed by atoms with Gasteiger partial charge in [0.05, 0.1) is 18.2 Å². The molecular formula is C17H19IN4O2. The maximum absolute atomic E-state index is 12.4. The van der Waals surface area contributed by atoms with Crippen molar-refractivity contribution in [1.29, 1.82) is 5.41 Å². The topological polar surface area (TPSA) is 89.1 Å². The zero-order chi connectivity index (χ0) is 17.3. The molecule has 1 aromatic heterocycles. The van der Waals surface area contributed by atoms with Crippen molar-refractivity contribution in [1.82, 2.24) is 15.2 Å². The molecule has 126 valence electrons. The summed E-state index contributed by atoms with van der Waals surface area (Å²) in [6.45, 7) is 2.34. The van der Waals surface area contributed by atoms with Crippen LogP contribution in [0.4, 0.5) is 0 Å². The zero-order valence-electron chi connectivity index (χ0n) is 13.4. The second-order valence-corrected chi connectivity index (χ2v) is 7.25. The summed E-state index contributed by atoms with van der Waals surface area (Å²) in [6, 6.07) is 5.70. The van der Waals surface area contributed by atoms with E-state index >= 15 is 0 Å². The number of aromatic amines is 1. The minimum Gasteiger partial charge on any atom is -0.360 e. The summed E-state index contributed by atoms with van der Waals surface area (Å²) in [4.78, 5) is 29.5. The number of halogens is 1. The Bertz CT molecular complexity index is 814. The molecule has 0 bridgehead atoms. The first-order valence-electron chi connectivity index (χ1n) is 7.86. The number of carbonyl (C=O) groups excluding carboxylic acids is 2. The van der Waals surface area contributed by atoms with Crippen molar-refractivity contribution in [3.8, 4) is 0 Å². The van der Waals surface area contributed by atoms with E-state index in [0.717, 1.165) is 27.3 Å². The SMILES string of the molecule is CC(=N)[C@@H]1CCCN1C(=O)CNC(=O)c1c[nH]c2cc(I)ccc12. The van der Waals surface area contributed by atoms with Gasteiger partial charge in [-0.1, -0.05) is 6.07 Å². The van der Waals surface area contributed by atoms with Gasteiger partial charge in [0.1, 0.15) is 0 Å². The summed E-state index contributed by atoms with van der Waals surface area (Å²) in [6.07, 6.45) is 3.40. The number of carbonyl (C=O) groups is 2. The third-order valence-electron chi connectivity index (χ3n) is 4.36. The van der Waals surface area contributed by atoms with Gasteiger partial charge in [-0.15, -0.1) is 0 Å². The number of amides is 2. The first-order valence-corrected chi connectivity index (χ1v) is 8.94. The molecule has 0 saturated carbocycles. The molecule has 1 aliphatic heterocycles. The summed E-state index contributed by atoms with van der Waals surface area (Å²) in [7, 11) is 0.